The minimum absolute atomic E-state index is 0.233. The molecule has 2 aromatic rings. The number of piperidine rings is 1. The number of hydrogen-bond acceptors (Lipinski definition) is 5. The summed E-state index contributed by atoms with van der Waals surface area (Å²) in [6.07, 6.45) is 1.71. The molecule has 0 aliphatic carbocycles. The molecular formula is C20H27N3OS. The number of thioether (sulfide) groups is 1. The second-order valence-corrected chi connectivity index (χ2v) is 8.52. The standard InChI is InChI=1S/C20H27N3OS/c1-15-4-5-19-16(11-15)12-17(13-22-7-9-25-10-8-22)20(21-19)23-6-2-3-18(24)14-23/h4-5,11-12,18,24H,2-3,6-10,13-14H2,1H3. The first kappa shape index (κ1) is 17.1. The van der Waals surface area contributed by atoms with Gasteiger partial charge < -0.3 is 10.0 Å². The highest BCUT2D eigenvalue weighted by Crippen LogP contribution is 2.28. The van der Waals surface area contributed by atoms with Crippen LogP contribution in [0.5, 0.6) is 0 Å². The highest BCUT2D eigenvalue weighted by molar-refractivity contribution is 7.99. The van der Waals surface area contributed by atoms with E-state index in [2.05, 4.69) is 41.0 Å². The van der Waals surface area contributed by atoms with Crippen molar-refractivity contribution in [1.82, 2.24) is 9.88 Å². The number of rotatable bonds is 3. The Morgan fingerprint density at radius 2 is 2.04 bits per heavy atom. The van der Waals surface area contributed by atoms with Gasteiger partial charge in [0.1, 0.15) is 5.82 Å². The van der Waals surface area contributed by atoms with E-state index in [0.29, 0.717) is 6.54 Å². The van der Waals surface area contributed by atoms with Crippen LogP contribution in [0.3, 0.4) is 0 Å². The molecule has 2 aliphatic rings. The van der Waals surface area contributed by atoms with Crippen LogP contribution in [0, 0.1) is 6.92 Å². The Bertz CT molecular complexity index is 745. The van der Waals surface area contributed by atoms with Gasteiger partial charge in [-0.05, 0) is 38.0 Å². The minimum atomic E-state index is -0.233. The highest BCUT2D eigenvalue weighted by Gasteiger charge is 2.23. The SMILES string of the molecule is Cc1ccc2nc(N3CCCC(O)C3)c(CN3CCSCC3)cc2c1. The van der Waals surface area contributed by atoms with Gasteiger partial charge in [-0.2, -0.15) is 11.8 Å². The molecule has 0 bridgehead atoms. The van der Waals surface area contributed by atoms with Gasteiger partial charge in [-0.25, -0.2) is 4.98 Å². The lowest BCUT2D eigenvalue weighted by Gasteiger charge is -2.34. The summed E-state index contributed by atoms with van der Waals surface area (Å²) >= 11 is 2.05. The third-order valence-electron chi connectivity index (χ3n) is 5.22. The van der Waals surface area contributed by atoms with E-state index in [0.717, 1.165) is 50.4 Å². The molecule has 5 heteroatoms. The summed E-state index contributed by atoms with van der Waals surface area (Å²) in [5.74, 6) is 3.52. The Kier molecular flexibility index (Phi) is 5.15. The third kappa shape index (κ3) is 3.94. The van der Waals surface area contributed by atoms with E-state index >= 15 is 0 Å². The van der Waals surface area contributed by atoms with Crippen LogP contribution in [0.15, 0.2) is 24.3 Å². The molecular weight excluding hydrogens is 330 g/mol. The fourth-order valence-corrected chi connectivity index (χ4v) is 4.85. The van der Waals surface area contributed by atoms with Gasteiger partial charge in [-0.3, -0.25) is 4.90 Å². The summed E-state index contributed by atoms with van der Waals surface area (Å²) in [5.41, 5.74) is 3.63. The molecule has 0 amide bonds. The van der Waals surface area contributed by atoms with Crippen molar-refractivity contribution in [2.45, 2.75) is 32.4 Å². The zero-order chi connectivity index (χ0) is 17.2. The molecule has 1 N–H and O–H groups in total. The number of anilines is 1. The number of benzene rings is 1. The Balaban J connectivity index is 1.71. The van der Waals surface area contributed by atoms with Gasteiger partial charge in [0.05, 0.1) is 11.6 Å². The van der Waals surface area contributed by atoms with Crippen LogP contribution in [0.2, 0.25) is 0 Å². The fourth-order valence-electron chi connectivity index (χ4n) is 3.87. The summed E-state index contributed by atoms with van der Waals surface area (Å²) in [6, 6.07) is 8.81. The summed E-state index contributed by atoms with van der Waals surface area (Å²) in [6.45, 7) is 7.09. The van der Waals surface area contributed by atoms with Gasteiger partial charge in [0, 0.05) is 55.2 Å². The predicted octanol–water partition coefficient (Wildman–Crippen LogP) is 3.05. The lowest BCUT2D eigenvalue weighted by Crippen LogP contribution is -2.40. The molecule has 2 saturated heterocycles. The van der Waals surface area contributed by atoms with Crippen LogP contribution in [0.25, 0.3) is 10.9 Å². The van der Waals surface area contributed by atoms with E-state index in [9.17, 15) is 5.11 Å². The Morgan fingerprint density at radius 3 is 2.84 bits per heavy atom. The van der Waals surface area contributed by atoms with E-state index in [1.54, 1.807) is 0 Å². The first-order valence-corrected chi connectivity index (χ1v) is 10.5. The molecule has 4 rings (SSSR count). The smallest absolute Gasteiger partial charge is 0.133 e. The maximum atomic E-state index is 10.1. The van der Waals surface area contributed by atoms with Gasteiger partial charge in [0.15, 0.2) is 0 Å². The second-order valence-electron chi connectivity index (χ2n) is 7.30. The van der Waals surface area contributed by atoms with E-state index < -0.39 is 0 Å². The Hall–Kier alpha value is -1.30. The quantitative estimate of drug-likeness (QED) is 0.914. The van der Waals surface area contributed by atoms with Gasteiger partial charge >= 0.3 is 0 Å². The first-order chi connectivity index (χ1) is 12.2. The first-order valence-electron chi connectivity index (χ1n) is 9.32. The number of nitrogens with zero attached hydrogens (tertiary/aromatic N) is 3. The molecule has 1 aromatic heterocycles. The number of pyridine rings is 1. The van der Waals surface area contributed by atoms with Crippen molar-refractivity contribution < 1.29 is 5.11 Å². The van der Waals surface area contributed by atoms with Gasteiger partial charge in [-0.15, -0.1) is 0 Å². The molecule has 1 atom stereocenters. The lowest BCUT2D eigenvalue weighted by atomic mass is 10.1. The zero-order valence-corrected chi connectivity index (χ0v) is 15.8. The molecule has 1 unspecified atom stereocenters. The van der Waals surface area contributed by atoms with Gasteiger partial charge in [0.2, 0.25) is 0 Å². The van der Waals surface area contributed by atoms with Crippen LogP contribution in [0.4, 0.5) is 5.82 Å². The van der Waals surface area contributed by atoms with Crippen molar-refractivity contribution in [2.24, 2.45) is 0 Å². The average Bonchev–Trinajstić information content (AvgIpc) is 2.62. The minimum Gasteiger partial charge on any atom is -0.391 e. The molecule has 2 aliphatic heterocycles. The normalized spacial score (nSPS) is 22.5. The van der Waals surface area contributed by atoms with Gasteiger partial charge in [-0.1, -0.05) is 11.6 Å². The topological polar surface area (TPSA) is 39.6 Å². The van der Waals surface area contributed by atoms with Crippen molar-refractivity contribution >= 4 is 28.5 Å². The zero-order valence-electron chi connectivity index (χ0n) is 14.9. The average molecular weight is 358 g/mol. The van der Waals surface area contributed by atoms with Crippen LogP contribution >= 0.6 is 11.8 Å². The van der Waals surface area contributed by atoms with Crippen molar-refractivity contribution in [2.75, 3.05) is 42.6 Å². The monoisotopic (exact) mass is 357 g/mol. The number of fused-ring (bicyclic) bond motifs is 1. The maximum Gasteiger partial charge on any atom is 0.133 e. The molecule has 4 nitrogen and oxygen atoms in total. The van der Waals surface area contributed by atoms with Crippen LogP contribution in [0.1, 0.15) is 24.0 Å². The second kappa shape index (κ2) is 7.52. The molecule has 3 heterocycles. The third-order valence-corrected chi connectivity index (χ3v) is 6.16. The van der Waals surface area contributed by atoms with Crippen molar-refractivity contribution in [3.05, 3.63) is 35.4 Å². The fraction of sp³-hybridized carbons (Fsp3) is 0.550. The Labute approximate surface area is 154 Å². The number of β-amino-alcohol motifs (C(OH)–C–C–N with tert-alkyl or cyclic N) is 1. The van der Waals surface area contributed by atoms with Crippen LogP contribution < -0.4 is 4.90 Å². The van der Waals surface area contributed by atoms with Crippen LogP contribution in [-0.2, 0) is 6.54 Å². The molecule has 0 radical (unpaired) electrons. The number of hydrogen-bond donors (Lipinski definition) is 1. The molecule has 0 spiro atoms. The van der Waals surface area contributed by atoms with E-state index in [1.807, 2.05) is 11.8 Å². The maximum absolute atomic E-state index is 10.1. The predicted molar refractivity (Wildman–Crippen MR) is 107 cm³/mol. The largest absolute Gasteiger partial charge is 0.391 e. The summed E-state index contributed by atoms with van der Waals surface area (Å²) < 4.78 is 0. The van der Waals surface area contributed by atoms with E-state index in [4.69, 9.17) is 4.98 Å². The molecule has 2 fully saturated rings. The Morgan fingerprint density at radius 1 is 1.20 bits per heavy atom. The van der Waals surface area contributed by atoms with Gasteiger partial charge in [0.25, 0.3) is 0 Å². The van der Waals surface area contributed by atoms with E-state index in [1.165, 1.54) is 28.0 Å². The summed E-state index contributed by atoms with van der Waals surface area (Å²) in [7, 11) is 0. The molecule has 0 saturated carbocycles. The molecule has 25 heavy (non-hydrogen) atoms. The van der Waals surface area contributed by atoms with Crippen molar-refractivity contribution in [3.63, 3.8) is 0 Å². The summed E-state index contributed by atoms with van der Waals surface area (Å²) in [4.78, 5) is 9.86. The van der Waals surface area contributed by atoms with Crippen molar-refractivity contribution in [1.29, 1.82) is 0 Å². The number of aliphatic hydroxyl groups is 1. The van der Waals surface area contributed by atoms with Crippen molar-refractivity contribution in [3.8, 4) is 0 Å². The molecule has 1 aromatic carbocycles. The number of aryl methyl sites for hydroxylation is 1. The highest BCUT2D eigenvalue weighted by atomic mass is 32.2. The van der Waals surface area contributed by atoms with E-state index in [-0.39, 0.29) is 6.10 Å². The number of aromatic nitrogens is 1. The lowest BCUT2D eigenvalue weighted by molar-refractivity contribution is 0.153. The molecule has 134 valence electrons. The number of aliphatic hydroxyl groups excluding tert-OH is 1. The summed E-state index contributed by atoms with van der Waals surface area (Å²) in [5, 5.41) is 11.3. The van der Waals surface area contributed by atoms with Crippen LogP contribution in [-0.4, -0.2) is 58.8 Å².